The fourth-order valence-electron chi connectivity index (χ4n) is 3.82. The predicted molar refractivity (Wildman–Crippen MR) is 135 cm³/mol. The average molecular weight is 478 g/mol. The molecule has 0 saturated carbocycles. The molecule has 3 aromatic carbocycles. The number of nitrogens with zero attached hydrogens (tertiary/aromatic N) is 2. The fourth-order valence-corrected chi connectivity index (χ4v) is 3.94. The van der Waals surface area contributed by atoms with Crippen LogP contribution < -0.4 is 14.8 Å². The van der Waals surface area contributed by atoms with Gasteiger partial charge in [0.15, 0.2) is 6.61 Å². The van der Waals surface area contributed by atoms with Crippen molar-refractivity contribution in [1.29, 1.82) is 0 Å². The Hall–Kier alpha value is -3.51. The molecule has 0 saturated heterocycles. The molecule has 176 valence electrons. The van der Waals surface area contributed by atoms with E-state index in [0.717, 1.165) is 28.2 Å². The highest BCUT2D eigenvalue weighted by Crippen LogP contribution is 2.20. The van der Waals surface area contributed by atoms with Gasteiger partial charge in [-0.3, -0.25) is 4.79 Å². The third kappa shape index (κ3) is 6.08. The first-order chi connectivity index (χ1) is 16.5. The number of benzene rings is 3. The lowest BCUT2D eigenvalue weighted by Gasteiger charge is -2.13. The van der Waals surface area contributed by atoms with E-state index in [1.165, 1.54) is 5.56 Å². The monoisotopic (exact) mass is 477 g/mol. The van der Waals surface area contributed by atoms with Gasteiger partial charge >= 0.3 is 0 Å². The van der Waals surface area contributed by atoms with Crippen LogP contribution in [0.5, 0.6) is 11.5 Å². The van der Waals surface area contributed by atoms with Gasteiger partial charge in [0.2, 0.25) is 0 Å². The molecule has 4 aromatic rings. The number of amides is 1. The smallest absolute Gasteiger partial charge is 0.257 e. The number of hydrogen-bond donors (Lipinski definition) is 1. The molecule has 1 N–H and O–H groups in total. The van der Waals surface area contributed by atoms with Crippen molar-refractivity contribution in [3.63, 3.8) is 0 Å². The van der Waals surface area contributed by atoms with E-state index in [0.29, 0.717) is 36.9 Å². The zero-order valence-corrected chi connectivity index (χ0v) is 20.1. The van der Waals surface area contributed by atoms with Crippen LogP contribution in [0.4, 0.5) is 0 Å². The molecule has 0 radical (unpaired) electrons. The largest absolute Gasteiger partial charge is 0.491 e. The molecule has 4 rings (SSSR count). The van der Waals surface area contributed by atoms with E-state index >= 15 is 0 Å². The van der Waals surface area contributed by atoms with Gasteiger partial charge < -0.3 is 19.4 Å². The molecular formula is C27H28ClN3O3. The van der Waals surface area contributed by atoms with E-state index in [9.17, 15) is 4.79 Å². The topological polar surface area (TPSA) is 65.4 Å². The molecule has 0 fully saturated rings. The van der Waals surface area contributed by atoms with Gasteiger partial charge in [-0.25, -0.2) is 4.98 Å². The minimum absolute atomic E-state index is 0.0538. The Morgan fingerprint density at radius 3 is 2.62 bits per heavy atom. The van der Waals surface area contributed by atoms with E-state index < -0.39 is 0 Å². The maximum absolute atomic E-state index is 12.2. The molecule has 0 bridgehead atoms. The Labute approximate surface area is 204 Å². The second-order valence-corrected chi connectivity index (χ2v) is 8.56. The molecule has 1 heterocycles. The van der Waals surface area contributed by atoms with Crippen molar-refractivity contribution in [3.05, 3.63) is 88.7 Å². The number of carbonyl (C=O) groups is 1. The first kappa shape index (κ1) is 23.6. The van der Waals surface area contributed by atoms with Gasteiger partial charge in [-0.2, -0.15) is 0 Å². The van der Waals surface area contributed by atoms with E-state index in [2.05, 4.69) is 41.9 Å². The standard InChI is InChI=1S/C27H28ClN3O3/c1-19-7-12-25(20(2)17-19)33-16-15-31-24-6-4-3-5-23(24)30-26(31)13-14-29-27(32)18-34-22-10-8-21(28)9-11-22/h3-12,17H,13-16,18H2,1-2H3,(H,29,32). The summed E-state index contributed by atoms with van der Waals surface area (Å²) in [5, 5.41) is 3.53. The summed E-state index contributed by atoms with van der Waals surface area (Å²) in [4.78, 5) is 17.0. The zero-order chi connectivity index (χ0) is 23.9. The maximum atomic E-state index is 12.2. The quantitative estimate of drug-likeness (QED) is 0.344. The predicted octanol–water partition coefficient (Wildman–Crippen LogP) is 5.12. The lowest BCUT2D eigenvalue weighted by molar-refractivity contribution is -0.123. The number of halogens is 1. The van der Waals surface area contributed by atoms with Crippen molar-refractivity contribution in [3.8, 4) is 11.5 Å². The second-order valence-electron chi connectivity index (χ2n) is 8.13. The number of imidazole rings is 1. The molecule has 0 atom stereocenters. The summed E-state index contributed by atoms with van der Waals surface area (Å²) in [7, 11) is 0. The molecule has 7 heteroatoms. The van der Waals surface area contributed by atoms with Crippen LogP contribution in [0.2, 0.25) is 5.02 Å². The summed E-state index contributed by atoms with van der Waals surface area (Å²) in [5.41, 5.74) is 4.33. The van der Waals surface area contributed by atoms with Gasteiger partial charge in [0.05, 0.1) is 17.6 Å². The molecule has 0 unspecified atom stereocenters. The SMILES string of the molecule is Cc1ccc(OCCn2c(CCNC(=O)COc3ccc(Cl)cc3)nc3ccccc32)c(C)c1. The maximum Gasteiger partial charge on any atom is 0.257 e. The minimum Gasteiger partial charge on any atom is -0.491 e. The van der Waals surface area contributed by atoms with Crippen molar-refractivity contribution >= 4 is 28.5 Å². The lowest BCUT2D eigenvalue weighted by Crippen LogP contribution is -2.31. The number of aryl methyl sites for hydroxylation is 2. The summed E-state index contributed by atoms with van der Waals surface area (Å²) in [6.07, 6.45) is 0.602. The summed E-state index contributed by atoms with van der Waals surface area (Å²) in [6.45, 7) is 5.73. The van der Waals surface area contributed by atoms with Crippen molar-refractivity contribution < 1.29 is 14.3 Å². The highest BCUT2D eigenvalue weighted by atomic mass is 35.5. The number of rotatable bonds is 10. The Morgan fingerprint density at radius 2 is 1.82 bits per heavy atom. The van der Waals surface area contributed by atoms with Crippen molar-refractivity contribution in [2.24, 2.45) is 0 Å². The van der Waals surface area contributed by atoms with E-state index in [4.69, 9.17) is 26.1 Å². The molecule has 0 aliphatic rings. The Kier molecular flexibility index (Phi) is 7.70. The van der Waals surface area contributed by atoms with Gasteiger partial charge in [-0.15, -0.1) is 0 Å². The van der Waals surface area contributed by atoms with E-state index in [1.54, 1.807) is 24.3 Å². The molecule has 34 heavy (non-hydrogen) atoms. The van der Waals surface area contributed by atoms with Crippen LogP contribution >= 0.6 is 11.6 Å². The first-order valence-electron chi connectivity index (χ1n) is 11.3. The summed E-state index contributed by atoms with van der Waals surface area (Å²) in [5.74, 6) is 2.22. The van der Waals surface area contributed by atoms with Gasteiger partial charge in [0, 0.05) is 18.0 Å². The number of ether oxygens (including phenoxy) is 2. The number of carbonyl (C=O) groups excluding carboxylic acids is 1. The van der Waals surface area contributed by atoms with Gasteiger partial charge in [-0.1, -0.05) is 41.4 Å². The van der Waals surface area contributed by atoms with Gasteiger partial charge in [0.25, 0.3) is 5.91 Å². The third-order valence-electron chi connectivity index (χ3n) is 5.49. The molecule has 6 nitrogen and oxygen atoms in total. The summed E-state index contributed by atoms with van der Waals surface area (Å²) in [6, 6.07) is 21.1. The molecular weight excluding hydrogens is 450 g/mol. The second kappa shape index (κ2) is 11.1. The molecule has 1 aromatic heterocycles. The van der Waals surface area contributed by atoms with Gasteiger partial charge in [0.1, 0.15) is 23.9 Å². The molecule has 0 aliphatic heterocycles. The normalized spacial score (nSPS) is 10.9. The van der Waals surface area contributed by atoms with Gasteiger partial charge in [-0.05, 0) is 61.9 Å². The van der Waals surface area contributed by atoms with Crippen LogP contribution in [-0.2, 0) is 17.8 Å². The number of fused-ring (bicyclic) bond motifs is 1. The van der Waals surface area contributed by atoms with Crippen LogP contribution in [0.3, 0.4) is 0 Å². The number of hydrogen-bond acceptors (Lipinski definition) is 4. The van der Waals surface area contributed by atoms with Crippen LogP contribution in [-0.4, -0.2) is 35.2 Å². The first-order valence-corrected chi connectivity index (χ1v) is 11.7. The zero-order valence-electron chi connectivity index (χ0n) is 19.4. The fraction of sp³-hybridized carbons (Fsp3) is 0.259. The minimum atomic E-state index is -0.184. The molecule has 1 amide bonds. The van der Waals surface area contributed by atoms with Crippen molar-refractivity contribution in [2.45, 2.75) is 26.8 Å². The Morgan fingerprint density at radius 1 is 1.03 bits per heavy atom. The highest BCUT2D eigenvalue weighted by molar-refractivity contribution is 6.30. The third-order valence-corrected chi connectivity index (χ3v) is 5.74. The number of aromatic nitrogens is 2. The number of nitrogens with one attached hydrogen (secondary N) is 1. The highest BCUT2D eigenvalue weighted by Gasteiger charge is 2.12. The van der Waals surface area contributed by atoms with Crippen LogP contribution in [0.25, 0.3) is 11.0 Å². The van der Waals surface area contributed by atoms with Crippen molar-refractivity contribution in [1.82, 2.24) is 14.9 Å². The number of para-hydroxylation sites is 2. The van der Waals surface area contributed by atoms with Crippen molar-refractivity contribution in [2.75, 3.05) is 19.8 Å². The van der Waals surface area contributed by atoms with Crippen LogP contribution in [0, 0.1) is 13.8 Å². The molecule has 0 aliphatic carbocycles. The summed E-state index contributed by atoms with van der Waals surface area (Å²) >= 11 is 5.87. The van der Waals surface area contributed by atoms with E-state index in [-0.39, 0.29) is 12.5 Å². The average Bonchev–Trinajstić information content (AvgIpc) is 3.17. The van der Waals surface area contributed by atoms with E-state index in [1.807, 2.05) is 24.3 Å². The Balaban J connectivity index is 1.34. The van der Waals surface area contributed by atoms with Crippen LogP contribution in [0.15, 0.2) is 66.7 Å². The Bertz CT molecular complexity index is 1270. The lowest BCUT2D eigenvalue weighted by atomic mass is 10.1. The summed E-state index contributed by atoms with van der Waals surface area (Å²) < 4.78 is 13.7. The molecule has 0 spiro atoms. The van der Waals surface area contributed by atoms with Crippen LogP contribution in [0.1, 0.15) is 17.0 Å².